The minimum absolute atomic E-state index is 0.0558. The Kier molecular flexibility index (Phi) is 3.82. The Balaban J connectivity index is 1.51. The van der Waals surface area contributed by atoms with Gasteiger partial charge in [-0.15, -0.1) is 0 Å². The van der Waals surface area contributed by atoms with E-state index in [2.05, 4.69) is 21.1 Å². The normalized spacial score (nSPS) is 34.1. The van der Waals surface area contributed by atoms with Gasteiger partial charge in [0.2, 0.25) is 5.91 Å². The molecule has 3 heterocycles. The molecule has 3 aliphatic heterocycles. The average molecular weight is 321 g/mol. The van der Waals surface area contributed by atoms with Crippen LogP contribution in [-0.4, -0.2) is 43.5 Å². The first-order chi connectivity index (χ1) is 10.7. The van der Waals surface area contributed by atoms with Gasteiger partial charge < -0.3 is 10.2 Å². The van der Waals surface area contributed by atoms with Crippen molar-refractivity contribution >= 4 is 17.5 Å². The number of halogens is 1. The van der Waals surface area contributed by atoms with E-state index in [4.69, 9.17) is 11.6 Å². The van der Waals surface area contributed by atoms with Gasteiger partial charge in [0.1, 0.15) is 0 Å². The Hall–Kier alpha value is -1.14. The molecule has 1 aromatic rings. The molecule has 0 bridgehead atoms. The van der Waals surface area contributed by atoms with E-state index in [0.29, 0.717) is 23.4 Å². The number of rotatable bonds is 2. The van der Waals surface area contributed by atoms with Crippen LogP contribution in [0.5, 0.6) is 0 Å². The van der Waals surface area contributed by atoms with Gasteiger partial charge in [-0.2, -0.15) is 0 Å². The highest BCUT2D eigenvalue weighted by Gasteiger charge is 2.43. The van der Waals surface area contributed by atoms with Crippen molar-refractivity contribution in [3.05, 3.63) is 34.9 Å². The molecular weight excluding hydrogens is 300 g/mol. The van der Waals surface area contributed by atoms with E-state index in [-0.39, 0.29) is 17.9 Å². The fraction of sp³-hybridized carbons (Fsp3) is 0.562. The van der Waals surface area contributed by atoms with E-state index in [1.165, 1.54) is 0 Å². The Morgan fingerprint density at radius 1 is 1.14 bits per heavy atom. The van der Waals surface area contributed by atoms with Gasteiger partial charge in [0, 0.05) is 37.7 Å². The summed E-state index contributed by atoms with van der Waals surface area (Å²) >= 11 is 6.31. The fourth-order valence-electron chi connectivity index (χ4n) is 4.02. The van der Waals surface area contributed by atoms with Crippen LogP contribution >= 0.6 is 11.6 Å². The zero-order valence-electron chi connectivity index (χ0n) is 12.4. The summed E-state index contributed by atoms with van der Waals surface area (Å²) in [5.74, 6) is 1.42. The molecule has 22 heavy (non-hydrogen) atoms. The standard InChI is InChI=1S/C16H21ClN4O/c17-14-4-2-1-3-12(14)15-13(7-19-20-15)16(22)21-8-10-5-18-6-11(10)9-21/h1-4,10-11,13,15,18-20H,5-9H2/t10-,11+,13?,15?. The summed E-state index contributed by atoms with van der Waals surface area (Å²) in [6.07, 6.45) is 0. The van der Waals surface area contributed by atoms with Gasteiger partial charge >= 0.3 is 0 Å². The van der Waals surface area contributed by atoms with Crippen LogP contribution in [-0.2, 0) is 4.79 Å². The largest absolute Gasteiger partial charge is 0.342 e. The van der Waals surface area contributed by atoms with E-state index in [0.717, 1.165) is 31.7 Å². The van der Waals surface area contributed by atoms with Crippen LogP contribution in [0, 0.1) is 17.8 Å². The van der Waals surface area contributed by atoms with E-state index < -0.39 is 0 Å². The van der Waals surface area contributed by atoms with Gasteiger partial charge in [-0.1, -0.05) is 29.8 Å². The molecule has 1 amide bonds. The number of hydrogen-bond donors (Lipinski definition) is 3. The summed E-state index contributed by atoms with van der Waals surface area (Å²) in [7, 11) is 0. The molecule has 118 valence electrons. The maximum atomic E-state index is 13.0. The molecule has 1 aromatic carbocycles. The molecule has 4 atom stereocenters. The van der Waals surface area contributed by atoms with Crippen molar-refractivity contribution in [1.29, 1.82) is 0 Å². The van der Waals surface area contributed by atoms with Crippen LogP contribution in [0.15, 0.2) is 24.3 Å². The van der Waals surface area contributed by atoms with Gasteiger partial charge in [0.15, 0.2) is 0 Å². The van der Waals surface area contributed by atoms with Crippen molar-refractivity contribution in [3.63, 3.8) is 0 Å². The molecule has 4 rings (SSSR count). The second-order valence-corrected chi connectivity index (χ2v) is 6.96. The number of hydrogen-bond acceptors (Lipinski definition) is 4. The third kappa shape index (κ3) is 2.42. The minimum Gasteiger partial charge on any atom is -0.342 e. The van der Waals surface area contributed by atoms with Crippen molar-refractivity contribution in [3.8, 4) is 0 Å². The second kappa shape index (κ2) is 5.81. The summed E-state index contributed by atoms with van der Waals surface area (Å²) in [5.41, 5.74) is 7.35. The number of carbonyl (C=O) groups excluding carboxylic acids is 1. The van der Waals surface area contributed by atoms with Crippen LogP contribution in [0.1, 0.15) is 11.6 Å². The summed E-state index contributed by atoms with van der Waals surface area (Å²) < 4.78 is 0. The maximum Gasteiger partial charge on any atom is 0.229 e. The Morgan fingerprint density at radius 3 is 2.59 bits per heavy atom. The lowest BCUT2D eigenvalue weighted by atomic mass is 9.93. The molecule has 0 saturated carbocycles. The second-order valence-electron chi connectivity index (χ2n) is 6.55. The highest BCUT2D eigenvalue weighted by atomic mass is 35.5. The molecule has 0 aromatic heterocycles. The summed E-state index contributed by atoms with van der Waals surface area (Å²) in [6.45, 7) is 4.52. The predicted octanol–water partition coefficient (Wildman–Crippen LogP) is 0.783. The number of hydrazine groups is 1. The van der Waals surface area contributed by atoms with Crippen LogP contribution in [0.4, 0.5) is 0 Å². The molecule has 0 aliphatic carbocycles. The lowest BCUT2D eigenvalue weighted by Crippen LogP contribution is -2.39. The van der Waals surface area contributed by atoms with Gasteiger partial charge in [-0.05, 0) is 23.5 Å². The van der Waals surface area contributed by atoms with E-state index in [9.17, 15) is 4.79 Å². The molecule has 2 unspecified atom stereocenters. The first-order valence-electron chi connectivity index (χ1n) is 7.96. The maximum absolute atomic E-state index is 13.0. The number of amides is 1. The molecule has 3 saturated heterocycles. The molecular formula is C16H21ClN4O. The zero-order chi connectivity index (χ0) is 15.1. The molecule has 5 nitrogen and oxygen atoms in total. The number of likely N-dealkylation sites (tertiary alicyclic amines) is 1. The van der Waals surface area contributed by atoms with Crippen molar-refractivity contribution in [1.82, 2.24) is 21.1 Å². The molecule has 0 spiro atoms. The van der Waals surface area contributed by atoms with Gasteiger partial charge in [0.05, 0.1) is 12.0 Å². The Morgan fingerprint density at radius 2 is 1.86 bits per heavy atom. The highest BCUT2D eigenvalue weighted by molar-refractivity contribution is 6.31. The first kappa shape index (κ1) is 14.5. The SMILES string of the molecule is O=C(C1CNNC1c1ccccc1Cl)N1C[C@H]2CNC[C@H]2C1. The Bertz CT molecular complexity index is 569. The Labute approximate surface area is 135 Å². The molecule has 6 heteroatoms. The summed E-state index contributed by atoms with van der Waals surface area (Å²) in [6, 6.07) is 7.70. The molecule has 3 fully saturated rings. The average Bonchev–Trinajstić information content (AvgIpc) is 3.22. The van der Waals surface area contributed by atoms with Crippen molar-refractivity contribution in [2.75, 3.05) is 32.7 Å². The van der Waals surface area contributed by atoms with Crippen LogP contribution in [0.25, 0.3) is 0 Å². The fourth-order valence-corrected chi connectivity index (χ4v) is 4.27. The summed E-state index contributed by atoms with van der Waals surface area (Å²) in [4.78, 5) is 15.0. The topological polar surface area (TPSA) is 56.4 Å². The van der Waals surface area contributed by atoms with Crippen LogP contribution in [0.3, 0.4) is 0 Å². The quantitative estimate of drug-likeness (QED) is 0.754. The predicted molar refractivity (Wildman–Crippen MR) is 85.3 cm³/mol. The monoisotopic (exact) mass is 320 g/mol. The first-order valence-corrected chi connectivity index (χ1v) is 8.34. The molecule has 3 N–H and O–H groups in total. The lowest BCUT2D eigenvalue weighted by Gasteiger charge is -2.25. The van der Waals surface area contributed by atoms with Crippen LogP contribution in [0.2, 0.25) is 5.02 Å². The van der Waals surface area contributed by atoms with E-state index >= 15 is 0 Å². The van der Waals surface area contributed by atoms with E-state index in [1.807, 2.05) is 24.3 Å². The smallest absolute Gasteiger partial charge is 0.229 e. The van der Waals surface area contributed by atoms with Crippen molar-refractivity contribution < 1.29 is 4.79 Å². The third-order valence-electron chi connectivity index (χ3n) is 5.24. The number of fused-ring (bicyclic) bond motifs is 1. The number of nitrogens with one attached hydrogen (secondary N) is 3. The zero-order valence-corrected chi connectivity index (χ0v) is 13.1. The van der Waals surface area contributed by atoms with Gasteiger partial charge in [-0.25, -0.2) is 5.43 Å². The van der Waals surface area contributed by atoms with Gasteiger partial charge in [0.25, 0.3) is 0 Å². The highest BCUT2D eigenvalue weighted by Crippen LogP contribution is 2.34. The summed E-state index contributed by atoms with van der Waals surface area (Å²) in [5, 5.41) is 4.13. The van der Waals surface area contributed by atoms with Crippen LogP contribution < -0.4 is 16.2 Å². The van der Waals surface area contributed by atoms with E-state index in [1.54, 1.807) is 0 Å². The van der Waals surface area contributed by atoms with Crippen molar-refractivity contribution in [2.24, 2.45) is 17.8 Å². The number of nitrogens with zero attached hydrogens (tertiary/aromatic N) is 1. The molecule has 3 aliphatic rings. The van der Waals surface area contributed by atoms with Gasteiger partial charge in [-0.3, -0.25) is 10.2 Å². The third-order valence-corrected chi connectivity index (χ3v) is 5.58. The lowest BCUT2D eigenvalue weighted by molar-refractivity contribution is -0.134. The molecule has 0 radical (unpaired) electrons. The minimum atomic E-state index is -0.0910. The van der Waals surface area contributed by atoms with Crippen molar-refractivity contribution in [2.45, 2.75) is 6.04 Å². The number of carbonyl (C=O) groups is 1. The number of benzene rings is 1.